The maximum Gasteiger partial charge on any atom is 0.416 e. The molecule has 192 valence electrons. The van der Waals surface area contributed by atoms with Crippen molar-refractivity contribution in [3.8, 4) is 11.5 Å². The van der Waals surface area contributed by atoms with E-state index in [1.807, 2.05) is 37.3 Å². The Balaban J connectivity index is 1.63. The Labute approximate surface area is 213 Å². The monoisotopic (exact) mass is 518 g/mol. The zero-order valence-corrected chi connectivity index (χ0v) is 21.3. The van der Waals surface area contributed by atoms with Crippen LogP contribution in [0.15, 0.2) is 70.5 Å². The fraction of sp³-hybridized carbons (Fsp3) is 0.321. The number of carbonyl (C=O) groups is 1. The van der Waals surface area contributed by atoms with Gasteiger partial charge in [0.1, 0.15) is 31.3 Å². The van der Waals surface area contributed by atoms with Crippen LogP contribution in [0, 0.1) is 6.92 Å². The molecule has 3 aromatic rings. The maximum absolute atomic E-state index is 12.7. The number of ketones is 1. The van der Waals surface area contributed by atoms with Crippen LogP contribution in [-0.4, -0.2) is 26.1 Å². The second-order valence-corrected chi connectivity index (χ2v) is 9.44. The molecule has 0 atom stereocenters. The number of Topliss-reactive ketones (excluding diaryl/α,β-unsaturated/α-hetero) is 1. The first kappa shape index (κ1) is 27.6. The number of carbonyl (C=O) groups excluding carboxylic acids is 1. The molecule has 0 saturated heterocycles. The molecule has 0 saturated carbocycles. The first-order valence-electron chi connectivity index (χ1n) is 11.5. The zero-order chi connectivity index (χ0) is 26.1. The lowest BCUT2D eigenvalue weighted by Gasteiger charge is -2.14. The number of alkyl halides is 3. The van der Waals surface area contributed by atoms with Crippen LogP contribution < -0.4 is 9.47 Å². The maximum atomic E-state index is 12.7. The van der Waals surface area contributed by atoms with Crippen molar-refractivity contribution < 1.29 is 32.2 Å². The summed E-state index contributed by atoms with van der Waals surface area (Å²) in [6.45, 7) is 4.21. The number of rotatable bonds is 12. The highest BCUT2D eigenvalue weighted by atomic mass is 32.2. The zero-order valence-electron chi connectivity index (χ0n) is 20.5. The SMILES string of the molecule is CCCc1cc(Sc2ccc(OCc3ccc(C(F)(F)F)cc3)c(C)c2)ccc1OCC(=O)COC. The van der Waals surface area contributed by atoms with Crippen molar-refractivity contribution in [1.29, 1.82) is 0 Å². The van der Waals surface area contributed by atoms with Crippen LogP contribution in [-0.2, 0) is 28.7 Å². The Kier molecular flexibility index (Phi) is 9.84. The fourth-order valence-electron chi connectivity index (χ4n) is 3.52. The third-order valence-corrected chi connectivity index (χ3v) is 6.28. The normalized spacial score (nSPS) is 11.4. The van der Waals surface area contributed by atoms with E-state index in [4.69, 9.17) is 14.2 Å². The minimum atomic E-state index is -4.35. The van der Waals surface area contributed by atoms with Gasteiger partial charge in [-0.3, -0.25) is 4.79 Å². The molecule has 0 aliphatic rings. The number of hydrogen-bond acceptors (Lipinski definition) is 5. The van der Waals surface area contributed by atoms with Gasteiger partial charge >= 0.3 is 6.18 Å². The van der Waals surface area contributed by atoms with Crippen molar-refractivity contribution in [1.82, 2.24) is 0 Å². The molecular weight excluding hydrogens is 489 g/mol. The first-order chi connectivity index (χ1) is 17.2. The summed E-state index contributed by atoms with van der Waals surface area (Å²) in [5, 5.41) is 0. The average Bonchev–Trinajstić information content (AvgIpc) is 2.83. The smallest absolute Gasteiger partial charge is 0.416 e. The van der Waals surface area contributed by atoms with Gasteiger partial charge in [0.15, 0.2) is 5.78 Å². The summed E-state index contributed by atoms with van der Waals surface area (Å²) in [4.78, 5) is 13.8. The fourth-order valence-corrected chi connectivity index (χ4v) is 4.50. The van der Waals surface area contributed by atoms with E-state index >= 15 is 0 Å². The lowest BCUT2D eigenvalue weighted by Crippen LogP contribution is -2.16. The van der Waals surface area contributed by atoms with Gasteiger partial charge in [-0.05, 0) is 78.6 Å². The second-order valence-electron chi connectivity index (χ2n) is 8.29. The quantitative estimate of drug-likeness (QED) is 0.252. The summed E-state index contributed by atoms with van der Waals surface area (Å²) in [6, 6.07) is 16.7. The predicted octanol–water partition coefficient (Wildman–Crippen LogP) is 7.29. The Bertz CT molecular complexity index is 1160. The van der Waals surface area contributed by atoms with Crippen molar-refractivity contribution >= 4 is 17.5 Å². The van der Waals surface area contributed by atoms with E-state index in [0.29, 0.717) is 17.1 Å². The Morgan fingerprint density at radius 2 is 1.56 bits per heavy atom. The Morgan fingerprint density at radius 3 is 2.17 bits per heavy atom. The number of halogens is 3. The van der Waals surface area contributed by atoms with Crippen molar-refractivity contribution in [2.24, 2.45) is 0 Å². The van der Waals surface area contributed by atoms with Crippen LogP contribution in [0.5, 0.6) is 11.5 Å². The van der Waals surface area contributed by atoms with Crippen molar-refractivity contribution in [2.45, 2.75) is 49.3 Å². The Hall–Kier alpha value is -2.97. The molecule has 0 aliphatic carbocycles. The Morgan fingerprint density at radius 1 is 0.889 bits per heavy atom. The molecule has 3 rings (SSSR count). The molecule has 0 N–H and O–H groups in total. The third kappa shape index (κ3) is 8.03. The highest BCUT2D eigenvalue weighted by Gasteiger charge is 2.29. The molecule has 4 nitrogen and oxygen atoms in total. The molecule has 0 heterocycles. The van der Waals surface area contributed by atoms with Crippen molar-refractivity contribution in [3.63, 3.8) is 0 Å². The van der Waals surface area contributed by atoms with Gasteiger partial charge < -0.3 is 14.2 Å². The molecule has 0 aromatic heterocycles. The van der Waals surface area contributed by atoms with Gasteiger partial charge in [-0.1, -0.05) is 37.2 Å². The number of hydrogen-bond donors (Lipinski definition) is 0. The van der Waals surface area contributed by atoms with E-state index in [0.717, 1.165) is 45.9 Å². The summed E-state index contributed by atoms with van der Waals surface area (Å²) in [7, 11) is 1.48. The molecule has 0 aliphatic heterocycles. The summed E-state index contributed by atoms with van der Waals surface area (Å²) in [5.41, 5.74) is 1.96. The van der Waals surface area contributed by atoms with Gasteiger partial charge in [0.05, 0.1) is 5.56 Å². The summed E-state index contributed by atoms with van der Waals surface area (Å²) in [6.07, 6.45) is -2.57. The highest BCUT2D eigenvalue weighted by Crippen LogP contribution is 2.34. The largest absolute Gasteiger partial charge is 0.489 e. The van der Waals surface area contributed by atoms with Crippen LogP contribution in [0.4, 0.5) is 13.2 Å². The van der Waals surface area contributed by atoms with Crippen LogP contribution in [0.1, 0.15) is 35.6 Å². The van der Waals surface area contributed by atoms with Gasteiger partial charge in [-0.25, -0.2) is 0 Å². The predicted molar refractivity (Wildman–Crippen MR) is 134 cm³/mol. The molecule has 0 fully saturated rings. The van der Waals surface area contributed by atoms with E-state index < -0.39 is 11.7 Å². The van der Waals surface area contributed by atoms with E-state index in [1.165, 1.54) is 19.2 Å². The summed E-state index contributed by atoms with van der Waals surface area (Å²) in [5.74, 6) is 1.26. The van der Waals surface area contributed by atoms with Gasteiger partial charge in [0, 0.05) is 16.9 Å². The first-order valence-corrected chi connectivity index (χ1v) is 12.3. The molecule has 36 heavy (non-hydrogen) atoms. The standard InChI is InChI=1S/C28H29F3O4S/c1-4-5-21-15-25(11-13-27(21)35-18-23(32)17-33-3)36-24-10-12-26(19(2)14-24)34-16-20-6-8-22(9-7-20)28(29,30)31/h6-15H,4-5,16-18H2,1-3H3. The van der Waals surface area contributed by atoms with Crippen LogP contribution in [0.25, 0.3) is 0 Å². The average molecular weight is 519 g/mol. The minimum Gasteiger partial charge on any atom is -0.489 e. The van der Waals surface area contributed by atoms with E-state index in [2.05, 4.69) is 13.0 Å². The highest BCUT2D eigenvalue weighted by molar-refractivity contribution is 7.99. The van der Waals surface area contributed by atoms with Crippen molar-refractivity contribution in [3.05, 3.63) is 82.9 Å². The van der Waals surface area contributed by atoms with Crippen LogP contribution >= 0.6 is 11.8 Å². The number of ether oxygens (including phenoxy) is 3. The van der Waals surface area contributed by atoms with Crippen LogP contribution in [0.3, 0.4) is 0 Å². The van der Waals surface area contributed by atoms with Gasteiger partial charge in [-0.15, -0.1) is 0 Å². The molecule has 0 unspecified atom stereocenters. The molecular formula is C28H29F3O4S. The van der Waals surface area contributed by atoms with E-state index in [-0.39, 0.29) is 25.6 Å². The second kappa shape index (κ2) is 12.8. The van der Waals surface area contributed by atoms with E-state index in [1.54, 1.807) is 11.8 Å². The van der Waals surface area contributed by atoms with Crippen molar-refractivity contribution in [2.75, 3.05) is 20.3 Å². The lowest BCUT2D eigenvalue weighted by atomic mass is 10.1. The molecule has 0 amide bonds. The molecule has 3 aromatic carbocycles. The number of aryl methyl sites for hydroxylation is 2. The van der Waals surface area contributed by atoms with Gasteiger partial charge in [0.25, 0.3) is 0 Å². The number of methoxy groups -OCH3 is 1. The summed E-state index contributed by atoms with van der Waals surface area (Å²) >= 11 is 1.61. The topological polar surface area (TPSA) is 44.8 Å². The molecule has 0 radical (unpaired) electrons. The van der Waals surface area contributed by atoms with Crippen LogP contribution in [0.2, 0.25) is 0 Å². The number of benzene rings is 3. The molecule has 0 bridgehead atoms. The third-order valence-electron chi connectivity index (χ3n) is 5.30. The lowest BCUT2D eigenvalue weighted by molar-refractivity contribution is -0.137. The molecule has 0 spiro atoms. The van der Waals surface area contributed by atoms with Gasteiger partial charge in [0.2, 0.25) is 0 Å². The van der Waals surface area contributed by atoms with E-state index in [9.17, 15) is 18.0 Å². The minimum absolute atomic E-state index is 0.0236. The molecule has 8 heteroatoms. The summed E-state index contributed by atoms with van der Waals surface area (Å²) < 4.78 is 54.6. The van der Waals surface area contributed by atoms with Gasteiger partial charge in [-0.2, -0.15) is 13.2 Å².